The average molecular weight is 220 g/mol. The van der Waals surface area contributed by atoms with Crippen LogP contribution in [0.4, 0.5) is 0 Å². The van der Waals surface area contributed by atoms with Crippen molar-refractivity contribution in [1.82, 2.24) is 0 Å². The van der Waals surface area contributed by atoms with Gasteiger partial charge in [0.1, 0.15) is 0 Å². The summed E-state index contributed by atoms with van der Waals surface area (Å²) in [6, 6.07) is 0. The predicted octanol–water partition coefficient (Wildman–Crippen LogP) is -0.0539. The van der Waals surface area contributed by atoms with Gasteiger partial charge in [0.25, 0.3) is 0 Å². The maximum atomic E-state index is 9.87. The van der Waals surface area contributed by atoms with E-state index in [9.17, 15) is 9.59 Å². The Morgan fingerprint density at radius 1 is 1.40 bits per heavy atom. The molecule has 54 valence electrons. The maximum absolute atomic E-state index is 9.87. The Labute approximate surface area is 97.8 Å². The Balaban J connectivity index is -0.000000107. The smallest absolute Gasteiger partial charge is 1.00 e. The first kappa shape index (κ1) is 12.8. The number of carbonyl (C=O) groups is 2. The van der Waals surface area contributed by atoms with Gasteiger partial charge in [-0.15, -0.1) is 0 Å². The third kappa shape index (κ3) is 6.28. The van der Waals surface area contributed by atoms with Gasteiger partial charge in [-0.3, -0.25) is 4.79 Å². The molecule has 0 aliphatic rings. The molecule has 0 heterocycles. The third-order valence-electron chi connectivity index (χ3n) is 0.667. The van der Waals surface area contributed by atoms with Crippen molar-refractivity contribution in [3.05, 3.63) is 12.2 Å². The molecule has 0 amide bonds. The van der Waals surface area contributed by atoms with Crippen LogP contribution in [0, 0.1) is 0 Å². The summed E-state index contributed by atoms with van der Waals surface area (Å²) in [5.41, 5.74) is -0.303. The van der Waals surface area contributed by atoms with Gasteiger partial charge in [-0.05, 0) is 0 Å². The number of aliphatic carboxylic acids is 2. The fourth-order valence-corrected chi connectivity index (χ4v) is 0.258. The van der Waals surface area contributed by atoms with Crippen LogP contribution in [0.15, 0.2) is 12.2 Å². The van der Waals surface area contributed by atoms with Crippen LogP contribution in [0.3, 0.4) is 0 Å². The largest absolute Gasteiger partial charge is 2.00 e. The Bertz CT molecular complexity index is 171. The van der Waals surface area contributed by atoms with E-state index in [1.807, 2.05) is 0 Å². The van der Waals surface area contributed by atoms with Gasteiger partial charge >= 0.3 is 57.4 Å². The van der Waals surface area contributed by atoms with Crippen LogP contribution in [0.25, 0.3) is 0 Å². The minimum absolute atomic E-state index is 0. The fourth-order valence-electron chi connectivity index (χ4n) is 0.258. The molecule has 0 fully saturated rings. The van der Waals surface area contributed by atoms with Crippen LogP contribution in [-0.2, 0) is 9.59 Å². The Morgan fingerprint density at radius 2 is 1.80 bits per heavy atom. The normalized spacial score (nSPS) is 7.60. The van der Waals surface area contributed by atoms with E-state index >= 15 is 0 Å². The molecular formula is C5H8O4Sr. The summed E-state index contributed by atoms with van der Waals surface area (Å²) in [6.45, 7) is 3.01. The number of hydrogen-bond donors (Lipinski definition) is 2. The van der Waals surface area contributed by atoms with Gasteiger partial charge in [0.05, 0.1) is 6.42 Å². The molecule has 0 spiro atoms. The van der Waals surface area contributed by atoms with Gasteiger partial charge in [0.2, 0.25) is 0 Å². The summed E-state index contributed by atoms with van der Waals surface area (Å²) < 4.78 is 0. The summed E-state index contributed by atoms with van der Waals surface area (Å²) in [7, 11) is 0. The van der Waals surface area contributed by atoms with Crippen LogP contribution >= 0.6 is 0 Å². The second-order valence-electron chi connectivity index (χ2n) is 1.48. The molecule has 0 saturated carbocycles. The summed E-state index contributed by atoms with van der Waals surface area (Å²) >= 11 is 0. The molecule has 0 rings (SSSR count). The van der Waals surface area contributed by atoms with Gasteiger partial charge < -0.3 is 13.1 Å². The third-order valence-corrected chi connectivity index (χ3v) is 0.667. The quantitative estimate of drug-likeness (QED) is 0.516. The van der Waals surface area contributed by atoms with Crippen LogP contribution in [-0.4, -0.2) is 67.6 Å². The SMILES string of the molecule is C=C(CC(=O)O)C(=O)O.[H-].[H-].[Sr+2]. The molecule has 0 atom stereocenters. The van der Waals surface area contributed by atoms with E-state index in [2.05, 4.69) is 6.58 Å². The Hall–Kier alpha value is 0.161. The van der Waals surface area contributed by atoms with E-state index in [1.54, 1.807) is 0 Å². The van der Waals surface area contributed by atoms with Crippen molar-refractivity contribution in [3.8, 4) is 0 Å². The first-order chi connectivity index (χ1) is 4.04. The molecule has 0 bridgehead atoms. The van der Waals surface area contributed by atoms with Gasteiger partial charge in [-0.25, -0.2) is 4.79 Å². The number of carboxylic acid groups (broad SMARTS) is 2. The first-order valence-corrected chi connectivity index (χ1v) is 2.17. The van der Waals surface area contributed by atoms with Crippen LogP contribution in [0.5, 0.6) is 0 Å². The predicted molar refractivity (Wildman–Crippen MR) is 37.0 cm³/mol. The van der Waals surface area contributed by atoms with E-state index in [1.165, 1.54) is 0 Å². The molecule has 4 nitrogen and oxygen atoms in total. The van der Waals surface area contributed by atoms with Crippen molar-refractivity contribution in [2.45, 2.75) is 6.42 Å². The van der Waals surface area contributed by atoms with Crippen molar-refractivity contribution < 1.29 is 22.7 Å². The van der Waals surface area contributed by atoms with Crippen LogP contribution in [0.2, 0.25) is 0 Å². The van der Waals surface area contributed by atoms with Gasteiger partial charge in [0, 0.05) is 5.57 Å². The number of rotatable bonds is 3. The van der Waals surface area contributed by atoms with E-state index < -0.39 is 18.4 Å². The van der Waals surface area contributed by atoms with Crippen molar-refractivity contribution >= 4 is 57.4 Å². The van der Waals surface area contributed by atoms with Gasteiger partial charge in [0.15, 0.2) is 0 Å². The van der Waals surface area contributed by atoms with Gasteiger partial charge in [-0.2, -0.15) is 0 Å². The van der Waals surface area contributed by atoms with Gasteiger partial charge in [-0.1, -0.05) is 6.58 Å². The Kier molecular flexibility index (Phi) is 7.57. The minimum Gasteiger partial charge on any atom is -1.00 e. The molecule has 5 heteroatoms. The molecule has 0 aliphatic carbocycles. The molecule has 0 aromatic carbocycles. The molecule has 0 radical (unpaired) electrons. The van der Waals surface area contributed by atoms with E-state index in [-0.39, 0.29) is 53.9 Å². The van der Waals surface area contributed by atoms with Crippen molar-refractivity contribution in [3.63, 3.8) is 0 Å². The van der Waals surface area contributed by atoms with Crippen molar-refractivity contribution in [2.75, 3.05) is 0 Å². The van der Waals surface area contributed by atoms with Crippen LogP contribution in [0.1, 0.15) is 9.27 Å². The second kappa shape index (κ2) is 5.91. The summed E-state index contributed by atoms with van der Waals surface area (Å²) in [4.78, 5) is 19.7. The molecule has 0 unspecified atom stereocenters. The zero-order valence-corrected chi connectivity index (χ0v) is 8.81. The molecule has 0 aromatic heterocycles. The Morgan fingerprint density at radius 3 is 1.90 bits per heavy atom. The topological polar surface area (TPSA) is 74.6 Å². The van der Waals surface area contributed by atoms with E-state index in [0.717, 1.165) is 0 Å². The van der Waals surface area contributed by atoms with Crippen molar-refractivity contribution in [2.24, 2.45) is 0 Å². The van der Waals surface area contributed by atoms with E-state index in [0.29, 0.717) is 0 Å². The molecule has 0 aliphatic heterocycles. The fraction of sp³-hybridized carbons (Fsp3) is 0.200. The second-order valence-corrected chi connectivity index (χ2v) is 1.48. The molecule has 2 N–H and O–H groups in total. The first-order valence-electron chi connectivity index (χ1n) is 2.17. The summed E-state index contributed by atoms with van der Waals surface area (Å²) in [6.07, 6.45) is -0.505. The minimum atomic E-state index is -1.27. The van der Waals surface area contributed by atoms with Crippen LogP contribution < -0.4 is 0 Å². The monoisotopic (exact) mass is 220 g/mol. The summed E-state index contributed by atoms with van der Waals surface area (Å²) in [5, 5.41) is 16.1. The number of carboxylic acids is 2. The summed E-state index contributed by atoms with van der Waals surface area (Å²) in [5.74, 6) is -2.44. The maximum Gasteiger partial charge on any atom is 2.00 e. The van der Waals surface area contributed by atoms with E-state index in [4.69, 9.17) is 10.2 Å². The number of hydrogen-bond acceptors (Lipinski definition) is 2. The zero-order chi connectivity index (χ0) is 7.44. The zero-order valence-electron chi connectivity index (χ0n) is 7.33. The molecular weight excluding hydrogens is 212 g/mol. The molecule has 10 heavy (non-hydrogen) atoms. The molecule has 0 saturated heterocycles. The van der Waals surface area contributed by atoms with Crippen molar-refractivity contribution in [1.29, 1.82) is 0 Å². The standard InChI is InChI=1S/C5H6O4.Sr.2H/c1-3(5(8)9)2-4(6)7;;;/h1-2H2,(H,6,7)(H,8,9);;;/q;+2;2*-1. The molecule has 0 aromatic rings. The average Bonchev–Trinajstić information content (AvgIpc) is 1.63.